The summed E-state index contributed by atoms with van der Waals surface area (Å²) in [6.45, 7) is 10.1. The molecule has 0 spiro atoms. The smallest absolute Gasteiger partial charge is 0.256 e. The minimum absolute atomic E-state index is 0.000751. The Morgan fingerprint density at radius 3 is 2.36 bits per heavy atom. The highest BCUT2D eigenvalue weighted by atomic mass is 32.2. The van der Waals surface area contributed by atoms with Gasteiger partial charge in [-0.05, 0) is 23.8 Å². The normalized spacial score (nSPS) is 13.5. The predicted octanol–water partition coefficient (Wildman–Crippen LogP) is 6.38. The topological polar surface area (TPSA) is 146 Å². The van der Waals surface area contributed by atoms with Crippen LogP contribution in [0.1, 0.15) is 45.7 Å². The monoisotopic (exact) mass is 640 g/mol. The van der Waals surface area contributed by atoms with E-state index in [4.69, 9.17) is 14.5 Å². The van der Waals surface area contributed by atoms with Gasteiger partial charge >= 0.3 is 0 Å². The molecular formula is C31H36N4O7S2. The average Bonchev–Trinajstić information content (AvgIpc) is 3.66. The van der Waals surface area contributed by atoms with Crippen LogP contribution in [-0.2, 0) is 16.6 Å². The summed E-state index contributed by atoms with van der Waals surface area (Å²) in [4.78, 5) is 4.91. The van der Waals surface area contributed by atoms with E-state index in [1.54, 1.807) is 19.9 Å². The number of hydrogen-bond donors (Lipinski definition) is 4. The van der Waals surface area contributed by atoms with E-state index in [-0.39, 0.29) is 59.5 Å². The summed E-state index contributed by atoms with van der Waals surface area (Å²) in [5.41, 5.74) is 1.63. The molecule has 234 valence electrons. The van der Waals surface area contributed by atoms with Crippen LogP contribution in [0.25, 0.3) is 0 Å². The number of aromatic hydroxyl groups is 3. The molecule has 0 aliphatic carbocycles. The molecule has 0 bridgehead atoms. The summed E-state index contributed by atoms with van der Waals surface area (Å²) in [6, 6.07) is 14.7. The highest BCUT2D eigenvalue weighted by Gasteiger charge is 2.32. The number of thiophene rings is 1. The number of aliphatic imine (C=N–C) groups is 1. The molecule has 0 atom stereocenters. The molecule has 2 aromatic carbocycles. The van der Waals surface area contributed by atoms with Crippen molar-refractivity contribution < 1.29 is 33.2 Å². The molecule has 0 amide bonds. The Kier molecular flexibility index (Phi) is 8.56. The molecule has 44 heavy (non-hydrogen) atoms. The molecular weight excluding hydrogens is 604 g/mol. The average molecular weight is 641 g/mol. The lowest BCUT2D eigenvalue weighted by molar-refractivity contribution is 0.174. The number of nitrogens with one attached hydrogen (secondary N) is 1. The van der Waals surface area contributed by atoms with E-state index in [1.807, 2.05) is 63.2 Å². The van der Waals surface area contributed by atoms with Gasteiger partial charge in [-0.15, -0.1) is 11.3 Å². The molecule has 1 aliphatic rings. The number of fused-ring (bicyclic) bond motifs is 1. The van der Waals surface area contributed by atoms with Crippen LogP contribution in [0.4, 0.5) is 17.1 Å². The summed E-state index contributed by atoms with van der Waals surface area (Å²) in [7, 11) is -3.95. The van der Waals surface area contributed by atoms with E-state index in [2.05, 4.69) is 5.32 Å². The molecule has 3 heterocycles. The van der Waals surface area contributed by atoms with Crippen LogP contribution in [0.3, 0.4) is 0 Å². The maximum atomic E-state index is 13.2. The Morgan fingerprint density at radius 2 is 1.70 bits per heavy atom. The Hall–Kier alpha value is -4.20. The number of nitrogens with zero attached hydrogens (tertiary/aromatic N) is 3. The summed E-state index contributed by atoms with van der Waals surface area (Å²) >= 11 is 0.859. The van der Waals surface area contributed by atoms with Crippen molar-refractivity contribution in [2.45, 2.75) is 45.4 Å². The van der Waals surface area contributed by atoms with Gasteiger partial charge in [-0.1, -0.05) is 65.0 Å². The van der Waals surface area contributed by atoms with Crippen molar-refractivity contribution in [3.8, 4) is 29.0 Å². The zero-order valence-corrected chi connectivity index (χ0v) is 26.8. The number of anilines is 2. The summed E-state index contributed by atoms with van der Waals surface area (Å²) in [5, 5.41) is 38.5. The van der Waals surface area contributed by atoms with Gasteiger partial charge in [-0.25, -0.2) is 13.4 Å². The van der Waals surface area contributed by atoms with Crippen LogP contribution in [0.15, 0.2) is 63.1 Å². The van der Waals surface area contributed by atoms with Crippen LogP contribution < -0.4 is 14.8 Å². The second-order valence-corrected chi connectivity index (χ2v) is 14.2. The summed E-state index contributed by atoms with van der Waals surface area (Å²) in [5.74, 6) is 0.0297. The first-order valence-electron chi connectivity index (χ1n) is 14.1. The molecule has 4 N–H and O–H groups in total. The van der Waals surface area contributed by atoms with E-state index in [9.17, 15) is 23.7 Å². The molecule has 0 saturated heterocycles. The largest absolute Gasteiger partial charge is 0.504 e. The number of ether oxygens (including phenoxy) is 2. The molecule has 1 aliphatic heterocycles. The van der Waals surface area contributed by atoms with Crippen molar-refractivity contribution in [1.82, 2.24) is 8.87 Å². The Morgan fingerprint density at radius 1 is 1.02 bits per heavy atom. The fraction of sp³-hybridized carbons (Fsp3) is 0.323. The second-order valence-electron chi connectivity index (χ2n) is 11.2. The molecule has 0 saturated carbocycles. The number of benzene rings is 2. The van der Waals surface area contributed by atoms with Gasteiger partial charge < -0.3 is 30.1 Å². The van der Waals surface area contributed by atoms with Gasteiger partial charge in [0.05, 0.1) is 17.9 Å². The molecule has 2 aromatic heterocycles. The first-order valence-corrected chi connectivity index (χ1v) is 16.4. The summed E-state index contributed by atoms with van der Waals surface area (Å²) < 4.78 is 39.7. The third-order valence-corrected chi connectivity index (χ3v) is 10.8. The van der Waals surface area contributed by atoms with Gasteiger partial charge in [0.2, 0.25) is 18.6 Å². The van der Waals surface area contributed by atoms with E-state index in [1.165, 1.54) is 14.3 Å². The Balaban J connectivity index is 1.66. The molecule has 0 fully saturated rings. The SMILES string of the molecule is CCN(CC)S(=O)(=O)c1scc(Nc2c(N=C(c3ccc4c(c3)OCO4)C(C)(C)C)c(O)n(Cc3ccccc3)c2O)c1O. The highest BCUT2D eigenvalue weighted by molar-refractivity contribution is 7.91. The third-order valence-electron chi connectivity index (χ3n) is 7.22. The van der Waals surface area contributed by atoms with E-state index in [0.717, 1.165) is 16.9 Å². The van der Waals surface area contributed by atoms with E-state index >= 15 is 0 Å². The number of rotatable bonds is 10. The molecule has 13 heteroatoms. The minimum atomic E-state index is -3.95. The quantitative estimate of drug-likeness (QED) is 0.146. The standard InChI is InChI=1S/C31H36N4O7S2/c1-6-34(7-2)44(39,40)30-26(36)21(17-43-30)32-24-25(29(38)35(28(24)37)16-19-11-9-8-10-12-19)33-27(31(3,4)5)20-13-14-22-23(15-20)42-18-41-22/h8-15,17,32,36-38H,6-7,16,18H2,1-5H3. The van der Waals surface area contributed by atoms with Crippen LogP contribution in [0, 0.1) is 5.41 Å². The fourth-order valence-electron chi connectivity index (χ4n) is 4.96. The molecule has 0 unspecified atom stereocenters. The summed E-state index contributed by atoms with van der Waals surface area (Å²) in [6.07, 6.45) is 0. The maximum absolute atomic E-state index is 13.2. The zero-order valence-electron chi connectivity index (χ0n) is 25.2. The van der Waals surface area contributed by atoms with Crippen LogP contribution >= 0.6 is 11.3 Å². The third kappa shape index (κ3) is 5.82. The number of hydrogen-bond acceptors (Lipinski definition) is 10. The predicted molar refractivity (Wildman–Crippen MR) is 171 cm³/mol. The van der Waals surface area contributed by atoms with E-state index < -0.39 is 21.2 Å². The minimum Gasteiger partial charge on any atom is -0.504 e. The highest BCUT2D eigenvalue weighted by Crippen LogP contribution is 2.50. The van der Waals surface area contributed by atoms with E-state index in [0.29, 0.717) is 22.8 Å². The first-order chi connectivity index (χ1) is 20.9. The van der Waals surface area contributed by atoms with Gasteiger partial charge in [-0.2, -0.15) is 4.31 Å². The number of aromatic nitrogens is 1. The Bertz CT molecular complexity index is 1800. The van der Waals surface area contributed by atoms with Crippen LogP contribution in [-0.4, -0.2) is 58.2 Å². The zero-order chi connectivity index (χ0) is 31.8. The van der Waals surface area contributed by atoms with Gasteiger partial charge in [0, 0.05) is 29.4 Å². The fourth-order valence-corrected chi connectivity index (χ4v) is 7.79. The van der Waals surface area contributed by atoms with Crippen LogP contribution in [0.2, 0.25) is 0 Å². The van der Waals surface area contributed by atoms with Gasteiger partial charge in [-0.3, -0.25) is 4.57 Å². The van der Waals surface area contributed by atoms with Crippen molar-refractivity contribution in [1.29, 1.82) is 0 Å². The molecule has 11 nitrogen and oxygen atoms in total. The van der Waals surface area contributed by atoms with Gasteiger partial charge in [0.25, 0.3) is 10.0 Å². The lowest BCUT2D eigenvalue weighted by atomic mass is 9.85. The lowest BCUT2D eigenvalue weighted by Crippen LogP contribution is -2.30. The van der Waals surface area contributed by atoms with Crippen molar-refractivity contribution in [2.24, 2.45) is 10.4 Å². The van der Waals surface area contributed by atoms with Crippen molar-refractivity contribution in [3.63, 3.8) is 0 Å². The lowest BCUT2D eigenvalue weighted by Gasteiger charge is -2.22. The molecule has 0 radical (unpaired) electrons. The van der Waals surface area contributed by atoms with Crippen molar-refractivity contribution >= 4 is 44.1 Å². The molecule has 5 rings (SSSR count). The molecule has 4 aromatic rings. The van der Waals surface area contributed by atoms with Gasteiger partial charge in [0.1, 0.15) is 5.69 Å². The van der Waals surface area contributed by atoms with Crippen molar-refractivity contribution in [2.75, 3.05) is 25.2 Å². The first kappa shape index (κ1) is 31.2. The number of sulfonamides is 1. The second kappa shape index (κ2) is 12.1. The van der Waals surface area contributed by atoms with Crippen LogP contribution in [0.5, 0.6) is 29.0 Å². The van der Waals surface area contributed by atoms with Gasteiger partial charge in [0.15, 0.2) is 27.1 Å². The maximum Gasteiger partial charge on any atom is 0.256 e. The van der Waals surface area contributed by atoms with Crippen molar-refractivity contribution in [3.05, 3.63) is 65.0 Å². The Labute approximate surface area is 260 Å².